The maximum absolute atomic E-state index is 9.50. The molecule has 0 aliphatic rings. The molecule has 0 saturated heterocycles. The van der Waals surface area contributed by atoms with Crippen LogP contribution in [-0.2, 0) is 11.3 Å². The molecule has 0 saturated carbocycles. The summed E-state index contributed by atoms with van der Waals surface area (Å²) in [6.07, 6.45) is 5.79. The molecule has 3 heteroatoms. The predicted molar refractivity (Wildman–Crippen MR) is 66.7 cm³/mol. The van der Waals surface area contributed by atoms with Crippen LogP contribution in [0.2, 0.25) is 0 Å². The van der Waals surface area contributed by atoms with Crippen LogP contribution in [0.4, 0.5) is 0 Å². The zero-order chi connectivity index (χ0) is 12.5. The average molecular weight is 234 g/mol. The summed E-state index contributed by atoms with van der Waals surface area (Å²) < 4.78 is 10.4. The first kappa shape index (κ1) is 13.6. The molecule has 0 radical (unpaired) electrons. The lowest BCUT2D eigenvalue weighted by Crippen LogP contribution is -2.14. The predicted octanol–water partition coefficient (Wildman–Crippen LogP) is 1.99. The Morgan fingerprint density at radius 2 is 2.06 bits per heavy atom. The van der Waals surface area contributed by atoms with Crippen molar-refractivity contribution in [3.8, 4) is 18.1 Å². The van der Waals surface area contributed by atoms with E-state index in [1.54, 1.807) is 7.11 Å². The van der Waals surface area contributed by atoms with Crippen molar-refractivity contribution in [3.63, 3.8) is 0 Å². The Labute approximate surface area is 102 Å². The molecular weight excluding hydrogens is 216 g/mol. The SMILES string of the molecule is C#CCC[C@@H](O)COCc1ccc(OC)cc1. The molecule has 0 amide bonds. The highest BCUT2D eigenvalue weighted by Gasteiger charge is 2.03. The Kier molecular flexibility index (Phi) is 6.16. The highest BCUT2D eigenvalue weighted by atomic mass is 16.5. The van der Waals surface area contributed by atoms with Crippen LogP contribution < -0.4 is 4.74 Å². The van der Waals surface area contributed by atoms with Crippen molar-refractivity contribution in [3.05, 3.63) is 29.8 Å². The molecule has 1 rings (SSSR count). The van der Waals surface area contributed by atoms with Gasteiger partial charge in [-0.3, -0.25) is 0 Å². The van der Waals surface area contributed by atoms with E-state index in [1.165, 1.54) is 0 Å². The summed E-state index contributed by atoms with van der Waals surface area (Å²) >= 11 is 0. The lowest BCUT2D eigenvalue weighted by molar-refractivity contribution is 0.0253. The third-order valence-corrected chi connectivity index (χ3v) is 2.36. The summed E-state index contributed by atoms with van der Waals surface area (Å²) in [5.74, 6) is 3.31. The molecule has 0 heterocycles. The fourth-order valence-electron chi connectivity index (χ4n) is 1.37. The van der Waals surface area contributed by atoms with Crippen LogP contribution in [0.25, 0.3) is 0 Å². The molecule has 3 nitrogen and oxygen atoms in total. The summed E-state index contributed by atoms with van der Waals surface area (Å²) in [6, 6.07) is 7.64. The van der Waals surface area contributed by atoms with E-state index in [0.29, 0.717) is 26.1 Å². The number of benzene rings is 1. The smallest absolute Gasteiger partial charge is 0.118 e. The van der Waals surface area contributed by atoms with Crippen LogP contribution in [0.1, 0.15) is 18.4 Å². The average Bonchev–Trinajstić information content (AvgIpc) is 2.37. The van der Waals surface area contributed by atoms with E-state index >= 15 is 0 Å². The van der Waals surface area contributed by atoms with E-state index < -0.39 is 6.10 Å². The van der Waals surface area contributed by atoms with E-state index in [1.807, 2.05) is 24.3 Å². The molecule has 0 aliphatic carbocycles. The second-order valence-electron chi connectivity index (χ2n) is 3.76. The van der Waals surface area contributed by atoms with Crippen LogP contribution in [0.3, 0.4) is 0 Å². The largest absolute Gasteiger partial charge is 0.497 e. The highest BCUT2D eigenvalue weighted by Crippen LogP contribution is 2.12. The maximum atomic E-state index is 9.50. The Hall–Kier alpha value is -1.50. The number of aliphatic hydroxyl groups is 1. The normalized spacial score (nSPS) is 11.8. The Morgan fingerprint density at radius 1 is 1.35 bits per heavy atom. The zero-order valence-corrected chi connectivity index (χ0v) is 10.1. The fraction of sp³-hybridized carbons (Fsp3) is 0.429. The Balaban J connectivity index is 2.23. The van der Waals surface area contributed by atoms with Crippen molar-refractivity contribution in [2.45, 2.75) is 25.6 Å². The first-order chi connectivity index (χ1) is 8.26. The minimum Gasteiger partial charge on any atom is -0.497 e. The minimum absolute atomic E-state index is 0.313. The van der Waals surface area contributed by atoms with Crippen molar-refractivity contribution in [1.82, 2.24) is 0 Å². The number of methoxy groups -OCH3 is 1. The van der Waals surface area contributed by atoms with E-state index in [2.05, 4.69) is 5.92 Å². The van der Waals surface area contributed by atoms with Crippen LogP contribution in [0, 0.1) is 12.3 Å². The van der Waals surface area contributed by atoms with E-state index in [-0.39, 0.29) is 0 Å². The summed E-state index contributed by atoms with van der Waals surface area (Å²) in [7, 11) is 1.63. The number of hydrogen-bond acceptors (Lipinski definition) is 3. The first-order valence-electron chi connectivity index (χ1n) is 5.58. The summed E-state index contributed by atoms with van der Waals surface area (Å²) in [5.41, 5.74) is 1.05. The molecule has 0 aromatic heterocycles. The van der Waals surface area contributed by atoms with Crippen LogP contribution in [-0.4, -0.2) is 24.9 Å². The lowest BCUT2D eigenvalue weighted by atomic mass is 10.2. The molecule has 0 spiro atoms. The number of ether oxygens (including phenoxy) is 2. The third kappa shape index (κ3) is 5.39. The third-order valence-electron chi connectivity index (χ3n) is 2.36. The zero-order valence-electron chi connectivity index (χ0n) is 10.1. The molecule has 1 atom stereocenters. The van der Waals surface area contributed by atoms with Gasteiger partial charge in [0, 0.05) is 6.42 Å². The number of terminal acetylenes is 1. The van der Waals surface area contributed by atoms with Gasteiger partial charge in [0.2, 0.25) is 0 Å². The Bertz CT molecular complexity index is 351. The van der Waals surface area contributed by atoms with Crippen LogP contribution in [0.5, 0.6) is 5.75 Å². The van der Waals surface area contributed by atoms with Crippen LogP contribution in [0.15, 0.2) is 24.3 Å². The minimum atomic E-state index is -0.482. The van der Waals surface area contributed by atoms with Gasteiger partial charge < -0.3 is 14.6 Å². The van der Waals surface area contributed by atoms with Crippen LogP contribution >= 0.6 is 0 Å². The summed E-state index contributed by atoms with van der Waals surface area (Å²) in [5, 5.41) is 9.50. The topological polar surface area (TPSA) is 38.7 Å². The second-order valence-corrected chi connectivity index (χ2v) is 3.76. The maximum Gasteiger partial charge on any atom is 0.118 e. The van der Waals surface area contributed by atoms with Crippen molar-refractivity contribution < 1.29 is 14.6 Å². The first-order valence-corrected chi connectivity index (χ1v) is 5.58. The van der Waals surface area contributed by atoms with Gasteiger partial charge in [0.1, 0.15) is 5.75 Å². The van der Waals surface area contributed by atoms with Gasteiger partial charge in [-0.2, -0.15) is 0 Å². The quantitative estimate of drug-likeness (QED) is 0.733. The molecule has 1 aromatic rings. The standard InChI is InChI=1S/C14H18O3/c1-3-4-5-13(15)11-17-10-12-6-8-14(16-2)9-7-12/h1,6-9,13,15H,4-5,10-11H2,2H3/t13-/m1/s1. The van der Waals surface area contributed by atoms with Gasteiger partial charge >= 0.3 is 0 Å². The molecule has 0 fully saturated rings. The molecule has 0 unspecified atom stereocenters. The van der Waals surface area contributed by atoms with Crippen molar-refractivity contribution in [1.29, 1.82) is 0 Å². The van der Waals surface area contributed by atoms with Gasteiger partial charge in [-0.05, 0) is 24.1 Å². The van der Waals surface area contributed by atoms with Gasteiger partial charge in [0.05, 0.1) is 26.4 Å². The van der Waals surface area contributed by atoms with Gasteiger partial charge in [-0.15, -0.1) is 12.3 Å². The monoisotopic (exact) mass is 234 g/mol. The molecule has 0 aliphatic heterocycles. The number of hydrogen-bond donors (Lipinski definition) is 1. The summed E-state index contributed by atoms with van der Waals surface area (Å²) in [4.78, 5) is 0. The molecule has 17 heavy (non-hydrogen) atoms. The van der Waals surface area contributed by atoms with Gasteiger partial charge in [0.25, 0.3) is 0 Å². The van der Waals surface area contributed by atoms with Gasteiger partial charge in [0.15, 0.2) is 0 Å². The fourth-order valence-corrected chi connectivity index (χ4v) is 1.37. The lowest BCUT2D eigenvalue weighted by Gasteiger charge is -2.10. The number of aliphatic hydroxyl groups excluding tert-OH is 1. The molecule has 92 valence electrons. The molecular formula is C14H18O3. The molecule has 1 N–H and O–H groups in total. The van der Waals surface area contributed by atoms with E-state index in [9.17, 15) is 5.11 Å². The van der Waals surface area contributed by atoms with Gasteiger partial charge in [-0.1, -0.05) is 12.1 Å². The van der Waals surface area contributed by atoms with Crippen molar-refractivity contribution in [2.24, 2.45) is 0 Å². The highest BCUT2D eigenvalue weighted by molar-refractivity contribution is 5.26. The molecule has 0 bridgehead atoms. The van der Waals surface area contributed by atoms with E-state index in [4.69, 9.17) is 15.9 Å². The van der Waals surface area contributed by atoms with Crippen molar-refractivity contribution >= 4 is 0 Å². The van der Waals surface area contributed by atoms with Gasteiger partial charge in [-0.25, -0.2) is 0 Å². The second kappa shape index (κ2) is 7.72. The van der Waals surface area contributed by atoms with Crippen molar-refractivity contribution in [2.75, 3.05) is 13.7 Å². The summed E-state index contributed by atoms with van der Waals surface area (Å²) in [6.45, 7) is 0.796. The Morgan fingerprint density at radius 3 is 2.65 bits per heavy atom. The molecule has 1 aromatic carbocycles. The van der Waals surface area contributed by atoms with E-state index in [0.717, 1.165) is 11.3 Å². The number of rotatable bonds is 7.